The van der Waals surface area contributed by atoms with E-state index in [9.17, 15) is 4.79 Å². The highest BCUT2D eigenvalue weighted by molar-refractivity contribution is 7.99. The zero-order valence-electron chi connectivity index (χ0n) is 12.5. The third kappa shape index (κ3) is 3.59. The highest BCUT2D eigenvalue weighted by Gasteiger charge is 2.16. The van der Waals surface area contributed by atoms with Crippen LogP contribution in [0, 0.1) is 0 Å². The second kappa shape index (κ2) is 7.10. The smallest absolute Gasteiger partial charge is 0.234 e. The van der Waals surface area contributed by atoms with Crippen molar-refractivity contribution < 1.29 is 9.21 Å². The lowest BCUT2D eigenvalue weighted by atomic mass is 10.4. The fourth-order valence-electron chi connectivity index (χ4n) is 2.03. The topological polar surface area (TPSA) is 85.8 Å². The van der Waals surface area contributed by atoms with Gasteiger partial charge in [-0.1, -0.05) is 11.8 Å². The van der Waals surface area contributed by atoms with Gasteiger partial charge in [-0.3, -0.25) is 14.3 Å². The number of pyridine rings is 1. The summed E-state index contributed by atoms with van der Waals surface area (Å²) in [6.45, 7) is 2.69. The minimum absolute atomic E-state index is 0.105. The highest BCUT2D eigenvalue weighted by Crippen LogP contribution is 2.24. The van der Waals surface area contributed by atoms with Crippen molar-refractivity contribution in [2.45, 2.75) is 18.6 Å². The van der Waals surface area contributed by atoms with Crippen LogP contribution in [0.15, 0.2) is 52.5 Å². The Morgan fingerprint density at radius 1 is 1.30 bits per heavy atom. The van der Waals surface area contributed by atoms with Crippen molar-refractivity contribution in [1.29, 1.82) is 0 Å². The van der Waals surface area contributed by atoms with E-state index in [1.54, 1.807) is 36.9 Å². The Morgan fingerprint density at radius 3 is 2.83 bits per heavy atom. The molecule has 0 saturated heterocycles. The molecule has 8 heteroatoms. The maximum Gasteiger partial charge on any atom is 0.234 e. The molecule has 0 aromatic carbocycles. The van der Waals surface area contributed by atoms with Crippen LogP contribution in [0.3, 0.4) is 0 Å². The summed E-state index contributed by atoms with van der Waals surface area (Å²) in [6, 6.07) is 7.12. The summed E-state index contributed by atoms with van der Waals surface area (Å²) in [4.78, 5) is 15.9. The minimum atomic E-state index is -0.105. The molecule has 0 fully saturated rings. The molecule has 0 unspecified atom stereocenters. The molecular weight excluding hydrogens is 314 g/mol. The molecule has 3 aromatic heterocycles. The molecule has 3 rings (SSSR count). The fraction of sp³-hybridized carbons (Fsp3) is 0.200. The summed E-state index contributed by atoms with van der Waals surface area (Å²) in [5.74, 6) is 1.46. The molecule has 0 spiro atoms. The minimum Gasteiger partial charge on any atom is -0.461 e. The number of anilines is 1. The SMILES string of the molecule is CCn1c(SCC(=O)Nc2ccncc2)nnc1-c1ccco1. The Bertz CT molecular complexity index is 771. The van der Waals surface area contributed by atoms with Gasteiger partial charge < -0.3 is 9.73 Å². The summed E-state index contributed by atoms with van der Waals surface area (Å²) >= 11 is 1.34. The Hall–Kier alpha value is -2.61. The molecule has 0 aliphatic heterocycles. The summed E-state index contributed by atoms with van der Waals surface area (Å²) in [6.07, 6.45) is 4.86. The van der Waals surface area contributed by atoms with E-state index in [4.69, 9.17) is 4.42 Å². The lowest BCUT2D eigenvalue weighted by Crippen LogP contribution is -2.14. The third-order valence-electron chi connectivity index (χ3n) is 3.07. The summed E-state index contributed by atoms with van der Waals surface area (Å²) in [7, 11) is 0. The molecule has 0 bridgehead atoms. The van der Waals surface area contributed by atoms with E-state index >= 15 is 0 Å². The van der Waals surface area contributed by atoms with Gasteiger partial charge >= 0.3 is 0 Å². The van der Waals surface area contributed by atoms with Crippen LogP contribution in [0.25, 0.3) is 11.6 Å². The maximum atomic E-state index is 12.0. The van der Waals surface area contributed by atoms with Crippen molar-refractivity contribution in [1.82, 2.24) is 19.7 Å². The van der Waals surface area contributed by atoms with Crippen LogP contribution >= 0.6 is 11.8 Å². The number of carbonyl (C=O) groups is 1. The van der Waals surface area contributed by atoms with Crippen molar-refractivity contribution in [3.8, 4) is 11.6 Å². The summed E-state index contributed by atoms with van der Waals surface area (Å²) < 4.78 is 7.28. The van der Waals surface area contributed by atoms with Crippen molar-refractivity contribution in [2.24, 2.45) is 0 Å². The van der Waals surface area contributed by atoms with Gasteiger partial charge in [-0.2, -0.15) is 0 Å². The van der Waals surface area contributed by atoms with E-state index in [1.165, 1.54) is 11.8 Å². The van der Waals surface area contributed by atoms with E-state index in [0.29, 0.717) is 23.3 Å². The quantitative estimate of drug-likeness (QED) is 0.700. The van der Waals surface area contributed by atoms with Crippen LogP contribution in [0.4, 0.5) is 5.69 Å². The van der Waals surface area contributed by atoms with Gasteiger partial charge in [-0.25, -0.2) is 0 Å². The van der Waals surface area contributed by atoms with Gasteiger partial charge in [0.2, 0.25) is 5.91 Å². The predicted octanol–water partition coefficient (Wildman–Crippen LogP) is 2.68. The zero-order valence-corrected chi connectivity index (χ0v) is 13.3. The van der Waals surface area contributed by atoms with Gasteiger partial charge in [-0.15, -0.1) is 10.2 Å². The number of rotatable bonds is 6. The number of furan rings is 1. The molecule has 3 heterocycles. The Morgan fingerprint density at radius 2 is 2.13 bits per heavy atom. The Labute approximate surface area is 137 Å². The Balaban J connectivity index is 1.65. The average molecular weight is 329 g/mol. The lowest BCUT2D eigenvalue weighted by Gasteiger charge is -2.06. The van der Waals surface area contributed by atoms with Gasteiger partial charge in [0, 0.05) is 24.6 Å². The van der Waals surface area contributed by atoms with E-state index in [-0.39, 0.29) is 11.7 Å². The summed E-state index contributed by atoms with van der Waals surface area (Å²) in [5, 5.41) is 11.8. The number of carbonyl (C=O) groups excluding carboxylic acids is 1. The molecule has 0 radical (unpaired) electrons. The lowest BCUT2D eigenvalue weighted by molar-refractivity contribution is -0.113. The first-order chi connectivity index (χ1) is 11.3. The van der Waals surface area contributed by atoms with Gasteiger partial charge in [-0.05, 0) is 31.2 Å². The first-order valence-electron chi connectivity index (χ1n) is 7.07. The van der Waals surface area contributed by atoms with Gasteiger partial charge in [0.15, 0.2) is 16.7 Å². The second-order valence-electron chi connectivity index (χ2n) is 4.60. The van der Waals surface area contributed by atoms with Gasteiger partial charge in [0.1, 0.15) is 0 Å². The Kier molecular flexibility index (Phi) is 4.72. The molecule has 0 aliphatic rings. The molecule has 0 atom stereocenters. The molecular formula is C15H15N5O2S. The van der Waals surface area contributed by atoms with E-state index in [0.717, 1.165) is 5.69 Å². The largest absolute Gasteiger partial charge is 0.461 e. The first kappa shape index (κ1) is 15.3. The van der Waals surface area contributed by atoms with Gasteiger partial charge in [0.05, 0.1) is 12.0 Å². The van der Waals surface area contributed by atoms with E-state index in [1.807, 2.05) is 17.6 Å². The number of thioether (sulfide) groups is 1. The van der Waals surface area contributed by atoms with Crippen molar-refractivity contribution in [2.75, 3.05) is 11.1 Å². The molecule has 1 N–H and O–H groups in total. The van der Waals surface area contributed by atoms with E-state index in [2.05, 4.69) is 20.5 Å². The van der Waals surface area contributed by atoms with Gasteiger partial charge in [0.25, 0.3) is 0 Å². The number of hydrogen-bond acceptors (Lipinski definition) is 6. The highest BCUT2D eigenvalue weighted by atomic mass is 32.2. The summed E-state index contributed by atoms with van der Waals surface area (Å²) in [5.41, 5.74) is 0.721. The van der Waals surface area contributed by atoms with Crippen LogP contribution in [0.5, 0.6) is 0 Å². The first-order valence-corrected chi connectivity index (χ1v) is 8.06. The number of nitrogens with one attached hydrogen (secondary N) is 1. The number of aromatic nitrogens is 4. The molecule has 23 heavy (non-hydrogen) atoms. The number of nitrogens with zero attached hydrogens (tertiary/aromatic N) is 4. The standard InChI is InChI=1S/C15H15N5O2S/c1-2-20-14(12-4-3-9-22-12)18-19-15(20)23-10-13(21)17-11-5-7-16-8-6-11/h3-9H,2,10H2,1H3,(H,16,17,21). The molecule has 7 nitrogen and oxygen atoms in total. The van der Waals surface area contributed by atoms with Crippen molar-refractivity contribution >= 4 is 23.4 Å². The van der Waals surface area contributed by atoms with Crippen LogP contribution in [0.2, 0.25) is 0 Å². The normalized spacial score (nSPS) is 10.7. The maximum absolute atomic E-state index is 12.0. The van der Waals surface area contributed by atoms with Crippen molar-refractivity contribution in [3.05, 3.63) is 42.9 Å². The second-order valence-corrected chi connectivity index (χ2v) is 5.54. The molecule has 118 valence electrons. The fourth-order valence-corrected chi connectivity index (χ4v) is 2.83. The zero-order chi connectivity index (χ0) is 16.1. The predicted molar refractivity (Wildman–Crippen MR) is 87.0 cm³/mol. The molecule has 0 aliphatic carbocycles. The average Bonchev–Trinajstić information content (AvgIpc) is 3.22. The van der Waals surface area contributed by atoms with Crippen LogP contribution in [-0.4, -0.2) is 31.4 Å². The van der Waals surface area contributed by atoms with Crippen molar-refractivity contribution in [3.63, 3.8) is 0 Å². The van der Waals surface area contributed by atoms with Crippen LogP contribution in [0.1, 0.15) is 6.92 Å². The third-order valence-corrected chi connectivity index (χ3v) is 4.04. The number of amides is 1. The van der Waals surface area contributed by atoms with Crippen LogP contribution < -0.4 is 5.32 Å². The number of hydrogen-bond donors (Lipinski definition) is 1. The molecule has 1 amide bonds. The van der Waals surface area contributed by atoms with Crippen LogP contribution in [-0.2, 0) is 11.3 Å². The molecule has 0 saturated carbocycles. The molecule has 3 aromatic rings. The van der Waals surface area contributed by atoms with E-state index < -0.39 is 0 Å². The monoisotopic (exact) mass is 329 g/mol.